The van der Waals surface area contributed by atoms with E-state index < -0.39 is 0 Å². The number of halogens is 4. The number of amides is 5. The van der Waals surface area contributed by atoms with Crippen molar-refractivity contribution in [1.29, 1.82) is 0 Å². The van der Waals surface area contributed by atoms with E-state index in [1.54, 1.807) is 48.5 Å². The van der Waals surface area contributed by atoms with Crippen LogP contribution in [0.2, 0.25) is 20.1 Å². The van der Waals surface area contributed by atoms with Gasteiger partial charge in [-0.05, 0) is 153 Å². The lowest BCUT2D eigenvalue weighted by atomic mass is 9.84. The Hall–Kier alpha value is -8.30. The summed E-state index contributed by atoms with van der Waals surface area (Å²) in [5.74, 6) is 4.43. The first-order valence-corrected chi connectivity index (χ1v) is 37.2. The van der Waals surface area contributed by atoms with Gasteiger partial charge in [-0.2, -0.15) is 0 Å². The van der Waals surface area contributed by atoms with Crippen LogP contribution in [0.4, 0.5) is 34.1 Å². The maximum Gasteiger partial charge on any atom is 0.243 e. The van der Waals surface area contributed by atoms with Gasteiger partial charge in [0.2, 0.25) is 29.5 Å². The fourth-order valence-corrected chi connectivity index (χ4v) is 13.5. The summed E-state index contributed by atoms with van der Waals surface area (Å²) < 4.78 is 16.6. The summed E-state index contributed by atoms with van der Waals surface area (Å²) in [6.07, 6.45) is 12.5. The summed E-state index contributed by atoms with van der Waals surface area (Å²) in [7, 11) is 3.20. The van der Waals surface area contributed by atoms with E-state index >= 15 is 0 Å². The molecule has 6 aromatic rings. The molecule has 11 rings (SSSR count). The number of benzene rings is 6. The molecule has 9 atom stereocenters. The minimum Gasteiger partial charge on any atom is -0.497 e. The molecule has 5 heterocycles. The topological polar surface area (TPSA) is 232 Å². The van der Waals surface area contributed by atoms with Crippen molar-refractivity contribution in [1.82, 2.24) is 27.1 Å². The number of ether oxygens (including phenoxy) is 3. The molecule has 0 bridgehead atoms. The molecule has 20 nitrogen and oxygen atoms in total. The van der Waals surface area contributed by atoms with Crippen molar-refractivity contribution >= 4 is 116 Å². The highest BCUT2D eigenvalue weighted by Gasteiger charge is 2.39. The Kier molecular flexibility index (Phi) is 33.5. The van der Waals surface area contributed by atoms with Gasteiger partial charge in [-0.3, -0.25) is 76.1 Å². The molecule has 5 saturated heterocycles. The zero-order valence-corrected chi connectivity index (χ0v) is 65.2. The highest BCUT2D eigenvalue weighted by Crippen LogP contribution is 2.40. The summed E-state index contributed by atoms with van der Waals surface area (Å²) in [6.45, 7) is 28.0. The average molecular weight is 1500 g/mol. The third-order valence-electron chi connectivity index (χ3n) is 18.8. The van der Waals surface area contributed by atoms with Crippen molar-refractivity contribution in [3.8, 4) is 17.2 Å². The predicted molar refractivity (Wildman–Crippen MR) is 419 cm³/mol. The smallest absolute Gasteiger partial charge is 0.243 e. The molecule has 9 unspecified atom stereocenters. The molecule has 5 fully saturated rings. The van der Waals surface area contributed by atoms with E-state index in [0.29, 0.717) is 68.7 Å². The standard InChI is InChI=1S/C27H46N2O2.C17H19N3O2.C12H16N2O.C11H13ClN2O2.C10H9Cl3N2O.C2H4O/c1-6-8-10-12-21(3)16-17-24(22(4)13-9-7-2)20-31-26-15-11-14-25(18-26)29-19-23(5)27(30)28-29;1-11-16(12-4-3-5-13(18)10-12)20(19-17(11)21)14-6-8-15(22-2)9-7-14;1-8-4-5-11(6-9(8)2)14-7-10(3)12(15)13-14;1-7-6-14(13-11(7)15)8-3-4-10(16-2)9(12)5-8;1-5-4-15(14-10(5)16)9-7(12)2-6(11)3-8(9)13;1-2-3/h11,14-15,18,21-24H,6-10,12-13,16-17,19-20H2,1-5H3,(H,28,30);3-11,16H,18H2,1-2H3,(H,19,21);4-6,10H,7H2,1-3H3,(H,13,15);3-5,7H,6H2,1-2H3,(H,13,15);2-3,5H,4H2,1H3,(H,14,16);2H,1H3. The first-order chi connectivity index (χ1) is 49.1. The molecule has 103 heavy (non-hydrogen) atoms. The minimum atomic E-state index is -0.163. The van der Waals surface area contributed by atoms with Gasteiger partial charge < -0.3 is 24.7 Å². The van der Waals surface area contributed by atoms with Gasteiger partial charge in [-0.25, -0.2) is 0 Å². The third-order valence-corrected chi connectivity index (χ3v) is 19.9. The molecule has 5 aliphatic heterocycles. The van der Waals surface area contributed by atoms with E-state index in [4.69, 9.17) is 71.1 Å². The second-order valence-corrected chi connectivity index (χ2v) is 29.0. The Bertz CT molecular complexity index is 3740. The van der Waals surface area contributed by atoms with E-state index in [2.05, 4.69) is 86.9 Å². The van der Waals surface area contributed by atoms with E-state index in [-0.39, 0.29) is 65.2 Å². The van der Waals surface area contributed by atoms with E-state index in [1.807, 2.05) is 129 Å². The molecule has 560 valence electrons. The van der Waals surface area contributed by atoms with Crippen LogP contribution in [0.1, 0.15) is 150 Å². The first-order valence-electron chi connectivity index (χ1n) is 35.7. The quantitative estimate of drug-likeness (QED) is 0.0211. The van der Waals surface area contributed by atoms with Crippen LogP contribution in [0, 0.1) is 61.2 Å². The van der Waals surface area contributed by atoms with Gasteiger partial charge in [0.25, 0.3) is 0 Å². The largest absolute Gasteiger partial charge is 0.497 e. The number of nitrogens with zero attached hydrogens (tertiary/aromatic N) is 5. The molecule has 6 aromatic carbocycles. The van der Waals surface area contributed by atoms with Crippen LogP contribution in [0.15, 0.2) is 121 Å². The number of carbonyl (C=O) groups is 6. The number of rotatable bonds is 22. The Morgan fingerprint density at radius 2 is 1.04 bits per heavy atom. The summed E-state index contributed by atoms with van der Waals surface area (Å²) in [6, 6.07) is 38.2. The summed E-state index contributed by atoms with van der Waals surface area (Å²) in [5.41, 5.74) is 28.8. The van der Waals surface area contributed by atoms with E-state index in [9.17, 15) is 24.0 Å². The van der Waals surface area contributed by atoms with Crippen LogP contribution in [-0.4, -0.2) is 82.8 Å². The second kappa shape index (κ2) is 41.3. The monoisotopic (exact) mass is 1490 g/mol. The summed E-state index contributed by atoms with van der Waals surface area (Å²) in [5, 5.41) is 11.0. The molecule has 5 amide bonds. The number of nitrogens with one attached hydrogen (secondary N) is 5. The number of unbranched alkanes of at least 4 members (excludes halogenated alkanes) is 3. The number of nitrogen functional groups attached to an aromatic ring is 1. The number of carbonyl (C=O) groups excluding carboxylic acids is 6. The lowest BCUT2D eigenvalue weighted by Crippen LogP contribution is -2.34. The Labute approximate surface area is 630 Å². The van der Waals surface area contributed by atoms with Gasteiger partial charge in [0, 0.05) is 16.8 Å². The molecule has 0 saturated carbocycles. The third kappa shape index (κ3) is 24.7. The van der Waals surface area contributed by atoms with Gasteiger partial charge in [0.05, 0.1) is 126 Å². The van der Waals surface area contributed by atoms with Crippen molar-refractivity contribution in [2.24, 2.45) is 47.3 Å². The maximum absolute atomic E-state index is 12.1. The highest BCUT2D eigenvalue weighted by atomic mass is 35.5. The van der Waals surface area contributed by atoms with Gasteiger partial charge >= 0.3 is 0 Å². The normalized spacial score (nSPS) is 19.6. The van der Waals surface area contributed by atoms with Crippen LogP contribution in [0.5, 0.6) is 17.2 Å². The predicted octanol–water partition coefficient (Wildman–Crippen LogP) is 16.5. The molecule has 0 radical (unpaired) electrons. The molecule has 7 N–H and O–H groups in total. The highest BCUT2D eigenvalue weighted by molar-refractivity contribution is 6.42. The number of hydrazine groups is 5. The van der Waals surface area contributed by atoms with Gasteiger partial charge in [-0.15, -0.1) is 0 Å². The molecule has 0 spiro atoms. The zero-order chi connectivity index (χ0) is 75.6. The Balaban J connectivity index is 0.000000206. The second-order valence-electron chi connectivity index (χ2n) is 27.3. The molecular weight excluding hydrogens is 1390 g/mol. The summed E-state index contributed by atoms with van der Waals surface area (Å²) >= 11 is 23.9. The van der Waals surface area contributed by atoms with E-state index in [1.165, 1.54) is 75.8 Å². The van der Waals surface area contributed by atoms with Crippen LogP contribution in [0.25, 0.3) is 0 Å². The molecule has 0 aliphatic carbocycles. The first kappa shape index (κ1) is 83.6. The fraction of sp³-hybridized carbons (Fsp3) is 0.468. The average Bonchev–Trinajstić information content (AvgIpc) is 1.69. The number of hydrogen-bond acceptors (Lipinski definition) is 15. The number of aldehydes is 1. The van der Waals surface area contributed by atoms with E-state index in [0.717, 1.165) is 65.2 Å². The molecular formula is C79H107Cl4N11O9. The van der Waals surface area contributed by atoms with Crippen LogP contribution < -0.4 is 72.1 Å². The number of anilines is 6. The van der Waals surface area contributed by atoms with Gasteiger partial charge in [0.15, 0.2) is 0 Å². The molecule has 5 aliphatic rings. The van der Waals surface area contributed by atoms with Crippen LogP contribution in [-0.2, 0) is 28.8 Å². The molecule has 0 aromatic heterocycles. The number of methoxy groups -OCH3 is 2. The molecule has 24 heteroatoms. The lowest BCUT2D eigenvalue weighted by molar-refractivity contribution is -0.122. The van der Waals surface area contributed by atoms with Crippen molar-refractivity contribution in [3.05, 3.63) is 158 Å². The van der Waals surface area contributed by atoms with Crippen molar-refractivity contribution in [2.75, 3.05) is 77.8 Å². The zero-order valence-electron chi connectivity index (χ0n) is 62.2. The summed E-state index contributed by atoms with van der Waals surface area (Å²) in [4.78, 5) is 66.9. The Morgan fingerprint density at radius 1 is 0.524 bits per heavy atom. The van der Waals surface area contributed by atoms with Crippen LogP contribution >= 0.6 is 46.4 Å². The van der Waals surface area contributed by atoms with Gasteiger partial charge in [-0.1, -0.05) is 184 Å². The number of aryl methyl sites for hydroxylation is 2. The van der Waals surface area contributed by atoms with Crippen LogP contribution in [0.3, 0.4) is 0 Å². The number of nitrogens with two attached hydrogens (primary N) is 1. The minimum absolute atomic E-state index is 0.000812. The van der Waals surface area contributed by atoms with Crippen molar-refractivity contribution < 1.29 is 43.0 Å². The van der Waals surface area contributed by atoms with Crippen molar-refractivity contribution in [2.45, 2.75) is 147 Å². The van der Waals surface area contributed by atoms with Gasteiger partial charge in [0.1, 0.15) is 23.5 Å². The number of hydrogen-bond donors (Lipinski definition) is 6. The Morgan fingerprint density at radius 3 is 1.53 bits per heavy atom. The lowest BCUT2D eigenvalue weighted by Gasteiger charge is -2.27. The maximum atomic E-state index is 12.1. The fourth-order valence-electron chi connectivity index (χ4n) is 12.2. The van der Waals surface area contributed by atoms with Crippen molar-refractivity contribution in [3.63, 3.8) is 0 Å². The SMILES string of the molecule is CC1CN(c2c(Cl)cc(Cl)cc2Cl)NC1=O.CC=O.CCCCCC(C)CCC(COc1cccc(N2CC(C)C(=O)N2)c1)C(C)CCCC.COc1ccc(N2CC(C)C(=O)N2)cc1Cl.COc1ccc(N2NC(=O)C(C)C2c2cccc(N)c2)cc1.Cc1ccc(N2CC(C)C(=O)N2)cc1C.